The Bertz CT molecular complexity index is 1860. The number of halogens is 6. The standard InChI is InChI=1S/C20H22BrF2N3O.C17H17BrF2N2O2/c1-13-12-14(21)4-7-17(13)25-19-15(5-6-16(22)18(19)23)20(27)24-8-11-26-9-2-3-10-26;1-10-9-11(18)3-6-14(10)22-16-12(4-5-13(19)15(16)20)17(24)21-7-2-8-23/h4-7,12,25H,2-3,8-11H2,1H3,(H,24,27);3-6,9,22-23H,2,7-8H2,1H3,(H,21,24). The quantitative estimate of drug-likeness (QED) is 0.0725. The molecule has 5 N–H and O–H groups in total. The van der Waals surface area contributed by atoms with Gasteiger partial charge in [0, 0.05) is 46.6 Å². The molecule has 14 heteroatoms. The highest BCUT2D eigenvalue weighted by molar-refractivity contribution is 9.10. The summed E-state index contributed by atoms with van der Waals surface area (Å²) < 4.78 is 57.8. The van der Waals surface area contributed by atoms with Gasteiger partial charge in [-0.1, -0.05) is 31.9 Å². The Balaban J connectivity index is 0.000000230. The number of aliphatic hydroxyl groups is 1. The third-order valence-electron chi connectivity index (χ3n) is 8.11. The molecule has 1 saturated heterocycles. The lowest BCUT2D eigenvalue weighted by molar-refractivity contribution is 0.0942. The maximum Gasteiger partial charge on any atom is 0.253 e. The van der Waals surface area contributed by atoms with Crippen molar-refractivity contribution in [1.82, 2.24) is 15.5 Å². The monoisotopic (exact) mass is 835 g/mol. The third kappa shape index (κ3) is 11.0. The van der Waals surface area contributed by atoms with E-state index in [0.717, 1.165) is 51.8 Å². The summed E-state index contributed by atoms with van der Waals surface area (Å²) in [5.74, 6) is -5.19. The number of aliphatic hydroxyl groups excluding tert-OH is 1. The smallest absolute Gasteiger partial charge is 0.253 e. The van der Waals surface area contributed by atoms with Gasteiger partial charge in [-0.15, -0.1) is 0 Å². The number of carbonyl (C=O) groups excluding carboxylic acids is 2. The van der Waals surface area contributed by atoms with Crippen LogP contribution in [0.4, 0.5) is 40.3 Å². The summed E-state index contributed by atoms with van der Waals surface area (Å²) in [7, 11) is 0. The van der Waals surface area contributed by atoms with Crippen LogP contribution in [0.5, 0.6) is 0 Å². The molecule has 0 aliphatic carbocycles. The Kier molecular flexibility index (Phi) is 14.8. The summed E-state index contributed by atoms with van der Waals surface area (Å²) in [5, 5.41) is 19.8. The number of nitrogens with zero attached hydrogens (tertiary/aromatic N) is 1. The number of rotatable bonds is 12. The Morgan fingerprint density at radius 1 is 0.706 bits per heavy atom. The molecule has 0 aromatic heterocycles. The summed E-state index contributed by atoms with van der Waals surface area (Å²) in [4.78, 5) is 27.0. The van der Waals surface area contributed by atoms with E-state index >= 15 is 0 Å². The molecule has 1 aliphatic rings. The molecule has 5 rings (SSSR count). The van der Waals surface area contributed by atoms with Crippen molar-refractivity contribution in [3.05, 3.63) is 115 Å². The van der Waals surface area contributed by atoms with Gasteiger partial charge in [0.05, 0.1) is 22.5 Å². The lowest BCUT2D eigenvalue weighted by atomic mass is 10.1. The van der Waals surface area contributed by atoms with Crippen LogP contribution in [-0.4, -0.2) is 61.2 Å². The average molecular weight is 838 g/mol. The van der Waals surface area contributed by atoms with E-state index in [9.17, 15) is 27.2 Å². The van der Waals surface area contributed by atoms with Gasteiger partial charge in [0.1, 0.15) is 0 Å². The number of likely N-dealkylation sites (tertiary alicyclic amines) is 1. The van der Waals surface area contributed by atoms with Gasteiger partial charge in [-0.3, -0.25) is 9.59 Å². The summed E-state index contributed by atoms with van der Waals surface area (Å²) in [5.41, 5.74) is 2.52. The first-order chi connectivity index (χ1) is 24.4. The van der Waals surface area contributed by atoms with E-state index in [1.807, 2.05) is 26.0 Å². The molecule has 1 aliphatic heterocycles. The maximum absolute atomic E-state index is 14.5. The van der Waals surface area contributed by atoms with Crippen LogP contribution in [0.3, 0.4) is 0 Å². The molecule has 0 spiro atoms. The van der Waals surface area contributed by atoms with Gasteiger partial charge in [-0.05, 0) is 118 Å². The second kappa shape index (κ2) is 19.0. The Morgan fingerprint density at radius 2 is 1.16 bits per heavy atom. The molecule has 272 valence electrons. The summed E-state index contributed by atoms with van der Waals surface area (Å²) >= 11 is 6.71. The van der Waals surface area contributed by atoms with E-state index in [1.165, 1.54) is 25.0 Å². The zero-order valence-corrected chi connectivity index (χ0v) is 31.3. The van der Waals surface area contributed by atoms with Gasteiger partial charge in [-0.25, -0.2) is 17.6 Å². The summed E-state index contributed by atoms with van der Waals surface area (Å²) in [6.45, 7) is 7.13. The molecule has 2 amide bonds. The minimum atomic E-state index is -1.12. The van der Waals surface area contributed by atoms with Gasteiger partial charge in [0.2, 0.25) is 0 Å². The fraction of sp³-hybridized carbons (Fsp3) is 0.297. The van der Waals surface area contributed by atoms with Crippen LogP contribution in [0.1, 0.15) is 51.1 Å². The van der Waals surface area contributed by atoms with Crippen LogP contribution in [0.2, 0.25) is 0 Å². The first-order valence-electron chi connectivity index (χ1n) is 16.3. The van der Waals surface area contributed by atoms with E-state index in [4.69, 9.17) is 5.11 Å². The van der Waals surface area contributed by atoms with Gasteiger partial charge in [0.15, 0.2) is 23.3 Å². The molecule has 8 nitrogen and oxygen atoms in total. The number of amides is 2. The normalized spacial score (nSPS) is 12.6. The highest BCUT2D eigenvalue weighted by atomic mass is 79.9. The van der Waals surface area contributed by atoms with Crippen molar-refractivity contribution >= 4 is 66.4 Å². The minimum Gasteiger partial charge on any atom is -0.396 e. The van der Waals surface area contributed by atoms with E-state index < -0.39 is 35.1 Å². The van der Waals surface area contributed by atoms with Gasteiger partial charge in [0.25, 0.3) is 11.8 Å². The highest BCUT2D eigenvalue weighted by Crippen LogP contribution is 2.31. The predicted octanol–water partition coefficient (Wildman–Crippen LogP) is 8.50. The van der Waals surface area contributed by atoms with Crippen molar-refractivity contribution < 1.29 is 32.3 Å². The van der Waals surface area contributed by atoms with Gasteiger partial charge >= 0.3 is 0 Å². The van der Waals surface area contributed by atoms with Crippen molar-refractivity contribution in [1.29, 1.82) is 0 Å². The number of hydrogen-bond donors (Lipinski definition) is 5. The molecule has 0 unspecified atom stereocenters. The van der Waals surface area contributed by atoms with Crippen molar-refractivity contribution in [2.45, 2.75) is 33.1 Å². The molecular weight excluding hydrogens is 798 g/mol. The fourth-order valence-electron chi connectivity index (χ4n) is 5.33. The van der Waals surface area contributed by atoms with Gasteiger partial charge in [-0.2, -0.15) is 0 Å². The molecule has 0 saturated carbocycles. The van der Waals surface area contributed by atoms with E-state index in [0.29, 0.717) is 24.3 Å². The first kappa shape index (κ1) is 39.8. The molecule has 0 atom stereocenters. The Morgan fingerprint density at radius 3 is 1.59 bits per heavy atom. The molecule has 51 heavy (non-hydrogen) atoms. The number of nitrogens with one attached hydrogen (secondary N) is 4. The number of anilines is 4. The topological polar surface area (TPSA) is 106 Å². The second-order valence-electron chi connectivity index (χ2n) is 11.9. The first-order valence-corrected chi connectivity index (χ1v) is 17.9. The number of carbonyl (C=O) groups is 2. The van der Waals surface area contributed by atoms with Crippen LogP contribution in [0, 0.1) is 37.1 Å². The highest BCUT2D eigenvalue weighted by Gasteiger charge is 2.21. The van der Waals surface area contributed by atoms with Crippen LogP contribution < -0.4 is 21.3 Å². The minimum absolute atomic E-state index is 0.00541. The van der Waals surface area contributed by atoms with Crippen molar-refractivity contribution in [2.24, 2.45) is 0 Å². The van der Waals surface area contributed by atoms with Crippen LogP contribution >= 0.6 is 31.9 Å². The number of benzene rings is 4. The van der Waals surface area contributed by atoms with E-state index in [1.54, 1.807) is 24.3 Å². The molecule has 0 bridgehead atoms. The molecule has 4 aromatic rings. The summed E-state index contributed by atoms with van der Waals surface area (Å²) in [6, 6.07) is 15.1. The molecule has 0 radical (unpaired) electrons. The Hall–Kier alpha value is -3.98. The van der Waals surface area contributed by atoms with Crippen molar-refractivity contribution in [3.63, 3.8) is 0 Å². The second-order valence-corrected chi connectivity index (χ2v) is 13.7. The van der Waals surface area contributed by atoms with E-state index in [-0.39, 0.29) is 35.7 Å². The number of aryl methyl sites for hydroxylation is 2. The van der Waals surface area contributed by atoms with E-state index in [2.05, 4.69) is 58.0 Å². The molecule has 1 heterocycles. The zero-order chi connectivity index (χ0) is 37.1. The van der Waals surface area contributed by atoms with Gasteiger partial charge < -0.3 is 31.3 Å². The lowest BCUT2D eigenvalue weighted by Gasteiger charge is -2.17. The molecule has 1 fully saturated rings. The van der Waals surface area contributed by atoms with Crippen LogP contribution in [-0.2, 0) is 0 Å². The summed E-state index contributed by atoms with van der Waals surface area (Å²) in [6.07, 6.45) is 2.74. The molecular formula is C37H39Br2F4N5O3. The predicted molar refractivity (Wildman–Crippen MR) is 199 cm³/mol. The maximum atomic E-state index is 14.5. The van der Waals surface area contributed by atoms with Crippen molar-refractivity contribution in [2.75, 3.05) is 50.0 Å². The SMILES string of the molecule is Cc1cc(Br)ccc1Nc1c(C(=O)NCCCO)ccc(F)c1F.Cc1cc(Br)ccc1Nc1c(C(=O)NCCN2CCCC2)ccc(F)c1F. The molecule has 4 aromatic carbocycles. The van der Waals surface area contributed by atoms with Crippen molar-refractivity contribution in [3.8, 4) is 0 Å². The average Bonchev–Trinajstić information content (AvgIpc) is 3.61. The van der Waals surface area contributed by atoms with Crippen LogP contribution in [0.25, 0.3) is 0 Å². The van der Waals surface area contributed by atoms with Crippen LogP contribution in [0.15, 0.2) is 69.6 Å². The Labute approximate surface area is 311 Å². The third-order valence-corrected chi connectivity index (χ3v) is 9.09. The number of hydrogen-bond acceptors (Lipinski definition) is 6. The lowest BCUT2D eigenvalue weighted by Crippen LogP contribution is -2.33. The largest absolute Gasteiger partial charge is 0.396 e. The fourth-order valence-corrected chi connectivity index (χ4v) is 6.28. The zero-order valence-electron chi connectivity index (χ0n) is 28.1.